The Kier molecular flexibility index (Phi) is 8.10. The number of furan rings is 1. The van der Waals surface area contributed by atoms with E-state index < -0.39 is 5.60 Å². The number of nitrogens with one attached hydrogen (secondary N) is 2. The Morgan fingerprint density at radius 2 is 1.86 bits per heavy atom. The molecule has 0 aliphatic carbocycles. The lowest BCUT2D eigenvalue weighted by atomic mass is 9.96. The molecule has 7 heteroatoms. The highest BCUT2D eigenvalue weighted by Gasteiger charge is 2.22. The summed E-state index contributed by atoms with van der Waals surface area (Å²) in [6.45, 7) is 7.97. The Balaban J connectivity index is 1.55. The molecule has 29 heavy (non-hydrogen) atoms. The average Bonchev–Trinajstić information content (AvgIpc) is 3.27. The summed E-state index contributed by atoms with van der Waals surface area (Å²) < 4.78 is 10.8. The molecule has 0 spiro atoms. The van der Waals surface area contributed by atoms with Crippen LogP contribution in [0.2, 0.25) is 0 Å². The Morgan fingerprint density at radius 1 is 1.10 bits per heavy atom. The summed E-state index contributed by atoms with van der Waals surface area (Å²) >= 11 is 0. The maximum Gasteiger partial charge on any atom is 0.191 e. The van der Waals surface area contributed by atoms with E-state index >= 15 is 0 Å². The normalized spacial score (nSPS) is 17.7. The maximum absolute atomic E-state index is 10.8. The van der Waals surface area contributed by atoms with Crippen molar-refractivity contribution in [2.24, 2.45) is 4.99 Å². The molecule has 0 bridgehead atoms. The van der Waals surface area contributed by atoms with Crippen LogP contribution < -0.4 is 10.6 Å². The van der Waals surface area contributed by atoms with Gasteiger partial charge in [-0.3, -0.25) is 4.90 Å². The van der Waals surface area contributed by atoms with Crippen LogP contribution in [0.4, 0.5) is 0 Å². The molecule has 3 rings (SSSR count). The van der Waals surface area contributed by atoms with Crippen LogP contribution in [-0.4, -0.2) is 68.4 Å². The molecule has 1 unspecified atom stereocenters. The molecule has 1 atom stereocenters. The summed E-state index contributed by atoms with van der Waals surface area (Å²) in [6, 6.07) is 13.5. The van der Waals surface area contributed by atoms with Gasteiger partial charge in [0.1, 0.15) is 11.4 Å². The van der Waals surface area contributed by atoms with Gasteiger partial charge in [0.25, 0.3) is 0 Å². The van der Waals surface area contributed by atoms with Crippen LogP contribution >= 0.6 is 0 Å². The monoisotopic (exact) mass is 400 g/mol. The first-order valence-corrected chi connectivity index (χ1v) is 10.3. The van der Waals surface area contributed by atoms with Crippen LogP contribution in [0, 0.1) is 0 Å². The van der Waals surface area contributed by atoms with Gasteiger partial charge in [-0.05, 0) is 24.6 Å². The van der Waals surface area contributed by atoms with Gasteiger partial charge in [0, 0.05) is 39.1 Å². The minimum Gasteiger partial charge on any atom is -0.469 e. The van der Waals surface area contributed by atoms with Gasteiger partial charge in [-0.25, -0.2) is 4.99 Å². The molecule has 1 aliphatic rings. The molecular weight excluding hydrogens is 368 g/mol. The highest BCUT2D eigenvalue weighted by molar-refractivity contribution is 5.79. The standard InChI is InChI=1S/C22H32N4O3/c1-22(27,19-6-3-2-4-7-19)18-25-21(23-10-9-20-8-5-15-29-20)24-11-12-26-13-16-28-17-14-26/h2-8,15,27H,9-14,16-18H2,1H3,(H2,23,24,25). The van der Waals surface area contributed by atoms with Gasteiger partial charge in [0.05, 0.1) is 26.0 Å². The van der Waals surface area contributed by atoms with Gasteiger partial charge in [0.15, 0.2) is 5.96 Å². The molecule has 2 aromatic rings. The van der Waals surface area contributed by atoms with E-state index in [1.807, 2.05) is 42.5 Å². The van der Waals surface area contributed by atoms with Gasteiger partial charge < -0.3 is 24.9 Å². The van der Waals surface area contributed by atoms with E-state index in [0.29, 0.717) is 12.5 Å². The second kappa shape index (κ2) is 11.0. The fourth-order valence-electron chi connectivity index (χ4n) is 3.21. The lowest BCUT2D eigenvalue weighted by Gasteiger charge is -2.27. The molecule has 1 saturated heterocycles. The minimum atomic E-state index is -1.03. The predicted octanol–water partition coefficient (Wildman–Crippen LogP) is 1.60. The summed E-state index contributed by atoms with van der Waals surface area (Å²) in [4.78, 5) is 7.02. The third kappa shape index (κ3) is 7.20. The zero-order valence-electron chi connectivity index (χ0n) is 17.1. The summed E-state index contributed by atoms with van der Waals surface area (Å²) in [7, 11) is 0. The molecule has 2 heterocycles. The Morgan fingerprint density at radius 3 is 2.59 bits per heavy atom. The average molecular weight is 401 g/mol. The first kappa shape index (κ1) is 21.4. The Labute approximate surface area is 172 Å². The highest BCUT2D eigenvalue weighted by Crippen LogP contribution is 2.20. The smallest absolute Gasteiger partial charge is 0.191 e. The molecule has 158 valence electrons. The van der Waals surface area contributed by atoms with E-state index in [2.05, 4.69) is 20.5 Å². The van der Waals surface area contributed by atoms with E-state index in [1.165, 1.54) is 0 Å². The number of aliphatic hydroxyl groups is 1. The molecule has 7 nitrogen and oxygen atoms in total. The maximum atomic E-state index is 10.8. The second-order valence-corrected chi connectivity index (χ2v) is 7.44. The number of rotatable bonds is 9. The molecule has 0 saturated carbocycles. The molecular formula is C22H32N4O3. The molecule has 0 amide bonds. The topological polar surface area (TPSA) is 82.3 Å². The molecule has 3 N–H and O–H groups in total. The summed E-state index contributed by atoms with van der Waals surface area (Å²) in [5.74, 6) is 1.63. The quantitative estimate of drug-likeness (QED) is 0.438. The second-order valence-electron chi connectivity index (χ2n) is 7.44. The van der Waals surface area contributed by atoms with Crippen molar-refractivity contribution in [1.29, 1.82) is 0 Å². The third-order valence-electron chi connectivity index (χ3n) is 5.01. The fourth-order valence-corrected chi connectivity index (χ4v) is 3.21. The molecule has 0 radical (unpaired) electrons. The number of aliphatic imine (C=N–C) groups is 1. The first-order valence-electron chi connectivity index (χ1n) is 10.3. The Hall–Kier alpha value is -2.35. The molecule has 1 fully saturated rings. The number of benzene rings is 1. The van der Waals surface area contributed by atoms with Gasteiger partial charge in [-0.1, -0.05) is 30.3 Å². The van der Waals surface area contributed by atoms with Crippen molar-refractivity contribution >= 4 is 5.96 Å². The lowest BCUT2D eigenvalue weighted by molar-refractivity contribution is 0.0389. The third-order valence-corrected chi connectivity index (χ3v) is 5.01. The lowest BCUT2D eigenvalue weighted by Crippen LogP contribution is -2.45. The van der Waals surface area contributed by atoms with E-state index in [-0.39, 0.29) is 6.54 Å². The predicted molar refractivity (Wildman–Crippen MR) is 114 cm³/mol. The van der Waals surface area contributed by atoms with Crippen LogP contribution in [0.25, 0.3) is 0 Å². The van der Waals surface area contributed by atoms with Crippen LogP contribution in [-0.2, 0) is 16.8 Å². The van der Waals surface area contributed by atoms with Crippen molar-refractivity contribution in [2.75, 3.05) is 52.5 Å². The van der Waals surface area contributed by atoms with Gasteiger partial charge >= 0.3 is 0 Å². The van der Waals surface area contributed by atoms with Crippen molar-refractivity contribution in [3.05, 3.63) is 60.1 Å². The van der Waals surface area contributed by atoms with Crippen molar-refractivity contribution < 1.29 is 14.3 Å². The number of morpholine rings is 1. The van der Waals surface area contributed by atoms with Crippen LogP contribution in [0.1, 0.15) is 18.2 Å². The first-order chi connectivity index (χ1) is 14.1. The van der Waals surface area contributed by atoms with Gasteiger partial charge in [-0.15, -0.1) is 0 Å². The van der Waals surface area contributed by atoms with Crippen molar-refractivity contribution in [2.45, 2.75) is 18.9 Å². The number of ether oxygens (including phenoxy) is 1. The SMILES string of the molecule is CC(O)(CN=C(NCCc1ccco1)NCCN1CCOCC1)c1ccccc1. The van der Waals surface area contributed by atoms with Crippen LogP contribution in [0.5, 0.6) is 0 Å². The number of hydrogen-bond acceptors (Lipinski definition) is 5. The molecule has 1 aliphatic heterocycles. The zero-order valence-corrected chi connectivity index (χ0v) is 17.1. The van der Waals surface area contributed by atoms with E-state index in [9.17, 15) is 5.11 Å². The number of nitrogens with zero attached hydrogens (tertiary/aromatic N) is 2. The zero-order chi connectivity index (χ0) is 20.4. The Bertz CT molecular complexity index is 726. The fraction of sp³-hybridized carbons (Fsp3) is 0.500. The summed E-state index contributed by atoms with van der Waals surface area (Å²) in [6.07, 6.45) is 2.45. The van der Waals surface area contributed by atoms with Crippen LogP contribution in [0.3, 0.4) is 0 Å². The number of guanidine groups is 1. The molecule has 1 aromatic heterocycles. The number of hydrogen-bond donors (Lipinski definition) is 3. The van der Waals surface area contributed by atoms with Crippen molar-refractivity contribution in [3.63, 3.8) is 0 Å². The minimum absolute atomic E-state index is 0.269. The summed E-state index contributed by atoms with van der Waals surface area (Å²) in [5.41, 5.74) is -0.173. The van der Waals surface area contributed by atoms with Crippen LogP contribution in [0.15, 0.2) is 58.1 Å². The largest absolute Gasteiger partial charge is 0.469 e. The van der Waals surface area contributed by atoms with Gasteiger partial charge in [0.2, 0.25) is 0 Å². The summed E-state index contributed by atoms with van der Waals surface area (Å²) in [5, 5.41) is 17.6. The van der Waals surface area contributed by atoms with E-state index in [4.69, 9.17) is 9.15 Å². The highest BCUT2D eigenvalue weighted by atomic mass is 16.5. The molecule has 1 aromatic carbocycles. The van der Waals surface area contributed by atoms with Crippen molar-refractivity contribution in [3.8, 4) is 0 Å². The van der Waals surface area contributed by atoms with E-state index in [1.54, 1.807) is 13.2 Å². The van der Waals surface area contributed by atoms with Crippen molar-refractivity contribution in [1.82, 2.24) is 15.5 Å². The van der Waals surface area contributed by atoms with E-state index in [0.717, 1.165) is 57.1 Å². The van der Waals surface area contributed by atoms with Gasteiger partial charge in [-0.2, -0.15) is 0 Å².